The summed E-state index contributed by atoms with van der Waals surface area (Å²) in [5.74, 6) is -0.0283. The summed E-state index contributed by atoms with van der Waals surface area (Å²) >= 11 is 0. The Balaban J connectivity index is 0.00000243. The molecule has 0 unspecified atom stereocenters. The van der Waals surface area contributed by atoms with E-state index in [-0.39, 0.29) is 43.0 Å². The quantitative estimate of drug-likeness (QED) is 0.761. The molecule has 0 aliphatic carbocycles. The summed E-state index contributed by atoms with van der Waals surface area (Å²) < 4.78 is 0. The Hall–Kier alpha value is -2.17. The largest absolute Gasteiger partial charge is 0.352 e. The van der Waals surface area contributed by atoms with Crippen LogP contribution in [-0.2, 0) is 4.79 Å². The van der Waals surface area contributed by atoms with Gasteiger partial charge in [0.15, 0.2) is 5.78 Å². The van der Waals surface area contributed by atoms with Crippen LogP contribution >= 0.6 is 12.4 Å². The zero-order valence-electron chi connectivity index (χ0n) is 14.7. The number of amides is 1. The maximum atomic E-state index is 12.3. The highest BCUT2D eigenvalue weighted by Crippen LogP contribution is 2.20. The molecule has 2 N–H and O–H groups in total. The lowest BCUT2D eigenvalue weighted by Gasteiger charge is -2.23. The van der Waals surface area contributed by atoms with E-state index in [4.69, 9.17) is 0 Å². The number of hydrogen-bond donors (Lipinski definition) is 2. The maximum absolute atomic E-state index is 12.3. The van der Waals surface area contributed by atoms with Gasteiger partial charge >= 0.3 is 0 Å². The number of Topliss-reactive ketones (excluding diaryl/α,β-unsaturated/α-hetero) is 1. The Morgan fingerprint density at radius 1 is 0.962 bits per heavy atom. The molecule has 0 saturated carbocycles. The molecule has 1 saturated heterocycles. The van der Waals surface area contributed by atoms with Crippen molar-refractivity contribution in [3.63, 3.8) is 0 Å². The number of piperidine rings is 1. The van der Waals surface area contributed by atoms with Crippen LogP contribution in [0.4, 0.5) is 0 Å². The molecule has 5 heteroatoms. The Bertz CT molecular complexity index is 711. The highest BCUT2D eigenvalue weighted by atomic mass is 35.5. The van der Waals surface area contributed by atoms with E-state index >= 15 is 0 Å². The van der Waals surface area contributed by atoms with Crippen LogP contribution in [0.25, 0.3) is 11.1 Å². The average molecular weight is 373 g/mol. The first kappa shape index (κ1) is 20.1. The highest BCUT2D eigenvalue weighted by Gasteiger charge is 2.16. The molecule has 2 aromatic rings. The van der Waals surface area contributed by atoms with Gasteiger partial charge in [0, 0.05) is 31.0 Å². The summed E-state index contributed by atoms with van der Waals surface area (Å²) in [5, 5.41) is 6.27. The third-order valence-corrected chi connectivity index (χ3v) is 4.56. The molecular formula is C21H25ClN2O2. The monoisotopic (exact) mass is 372 g/mol. The first-order valence-electron chi connectivity index (χ1n) is 8.91. The molecule has 2 aromatic carbocycles. The van der Waals surface area contributed by atoms with Crippen LogP contribution in [0, 0.1) is 0 Å². The molecule has 0 spiro atoms. The molecule has 0 aromatic heterocycles. The first-order chi connectivity index (χ1) is 12.2. The van der Waals surface area contributed by atoms with Gasteiger partial charge in [0.2, 0.25) is 5.91 Å². The third kappa shape index (κ3) is 5.68. The molecule has 26 heavy (non-hydrogen) atoms. The van der Waals surface area contributed by atoms with Crippen LogP contribution in [0.3, 0.4) is 0 Å². The maximum Gasteiger partial charge on any atom is 0.220 e. The fourth-order valence-electron chi connectivity index (χ4n) is 3.13. The van der Waals surface area contributed by atoms with E-state index in [1.54, 1.807) is 0 Å². The van der Waals surface area contributed by atoms with E-state index in [1.165, 1.54) is 0 Å². The topological polar surface area (TPSA) is 58.2 Å². The molecule has 0 radical (unpaired) electrons. The van der Waals surface area contributed by atoms with E-state index < -0.39 is 0 Å². The predicted octanol–water partition coefficient (Wildman–Crippen LogP) is 3.61. The van der Waals surface area contributed by atoms with E-state index in [9.17, 15) is 9.59 Å². The molecule has 4 nitrogen and oxygen atoms in total. The van der Waals surface area contributed by atoms with Gasteiger partial charge in [-0.25, -0.2) is 0 Å². The number of nitrogens with one attached hydrogen (secondary N) is 2. The van der Waals surface area contributed by atoms with E-state index in [2.05, 4.69) is 10.6 Å². The molecule has 3 rings (SSSR count). The summed E-state index contributed by atoms with van der Waals surface area (Å²) in [4.78, 5) is 24.3. The minimum absolute atomic E-state index is 0. The summed E-state index contributed by atoms with van der Waals surface area (Å²) in [6, 6.07) is 17.8. The van der Waals surface area contributed by atoms with Crippen molar-refractivity contribution in [2.24, 2.45) is 0 Å². The summed E-state index contributed by atoms with van der Waals surface area (Å²) in [6.07, 6.45) is 2.58. The Labute approximate surface area is 160 Å². The van der Waals surface area contributed by atoms with Crippen molar-refractivity contribution in [2.45, 2.75) is 31.7 Å². The van der Waals surface area contributed by atoms with Gasteiger partial charge in [0.05, 0.1) is 0 Å². The summed E-state index contributed by atoms with van der Waals surface area (Å²) in [5.41, 5.74) is 2.87. The predicted molar refractivity (Wildman–Crippen MR) is 107 cm³/mol. The minimum Gasteiger partial charge on any atom is -0.352 e. The third-order valence-electron chi connectivity index (χ3n) is 4.56. The molecule has 1 fully saturated rings. The van der Waals surface area contributed by atoms with Crippen LogP contribution in [-0.4, -0.2) is 30.8 Å². The minimum atomic E-state index is -0.0389. The number of ketones is 1. The Morgan fingerprint density at radius 3 is 2.31 bits per heavy atom. The standard InChI is InChI=1S/C21H24N2O2.ClH/c24-20(12-13-21(25)23-19-7-4-14-22-15-19)18-10-8-17(9-11-18)16-5-2-1-3-6-16;/h1-3,5-6,8-11,19,22H,4,7,12-15H2,(H,23,25);1H/t19-;/m0./s1. The van der Waals surface area contributed by atoms with Crippen molar-refractivity contribution in [3.05, 3.63) is 60.2 Å². The van der Waals surface area contributed by atoms with E-state index in [0.717, 1.165) is 37.1 Å². The fourth-order valence-corrected chi connectivity index (χ4v) is 3.13. The van der Waals surface area contributed by atoms with Gasteiger partial charge in [-0.3, -0.25) is 9.59 Å². The van der Waals surface area contributed by atoms with Gasteiger partial charge in [-0.2, -0.15) is 0 Å². The van der Waals surface area contributed by atoms with Gasteiger partial charge in [0.1, 0.15) is 0 Å². The van der Waals surface area contributed by atoms with Crippen molar-refractivity contribution < 1.29 is 9.59 Å². The SMILES string of the molecule is Cl.O=C(CCC(=O)c1ccc(-c2ccccc2)cc1)N[C@H]1CCCNC1. The van der Waals surface area contributed by atoms with Crippen molar-refractivity contribution in [3.8, 4) is 11.1 Å². The van der Waals surface area contributed by atoms with Crippen LogP contribution < -0.4 is 10.6 Å². The van der Waals surface area contributed by atoms with Crippen LogP contribution in [0.15, 0.2) is 54.6 Å². The Kier molecular flexibility index (Phi) is 7.82. The lowest BCUT2D eigenvalue weighted by atomic mass is 10.0. The first-order valence-corrected chi connectivity index (χ1v) is 8.91. The molecule has 1 heterocycles. The summed E-state index contributed by atoms with van der Waals surface area (Å²) in [7, 11) is 0. The second kappa shape index (κ2) is 10.1. The van der Waals surface area contributed by atoms with E-state index in [1.807, 2.05) is 54.6 Å². The van der Waals surface area contributed by atoms with E-state index in [0.29, 0.717) is 5.56 Å². The number of carbonyl (C=O) groups is 2. The van der Waals surface area contributed by atoms with Gasteiger partial charge in [-0.05, 0) is 30.5 Å². The van der Waals surface area contributed by atoms with Gasteiger partial charge in [-0.1, -0.05) is 54.6 Å². The lowest BCUT2D eigenvalue weighted by Crippen LogP contribution is -2.45. The molecule has 1 atom stereocenters. The summed E-state index contributed by atoms with van der Waals surface area (Å²) in [6.45, 7) is 1.84. The van der Waals surface area contributed by atoms with Crippen LogP contribution in [0.2, 0.25) is 0 Å². The zero-order chi connectivity index (χ0) is 17.5. The molecular weight excluding hydrogens is 348 g/mol. The molecule has 1 aliphatic rings. The number of hydrogen-bond acceptors (Lipinski definition) is 3. The van der Waals surface area contributed by atoms with Crippen molar-refractivity contribution in [2.75, 3.05) is 13.1 Å². The van der Waals surface area contributed by atoms with Gasteiger partial charge < -0.3 is 10.6 Å². The van der Waals surface area contributed by atoms with Crippen molar-refractivity contribution >= 4 is 24.1 Å². The van der Waals surface area contributed by atoms with Crippen molar-refractivity contribution in [1.82, 2.24) is 10.6 Å². The number of benzene rings is 2. The second-order valence-electron chi connectivity index (χ2n) is 6.48. The normalized spacial score (nSPS) is 16.4. The molecule has 1 amide bonds. The average Bonchev–Trinajstić information content (AvgIpc) is 2.68. The smallest absolute Gasteiger partial charge is 0.220 e. The second-order valence-corrected chi connectivity index (χ2v) is 6.48. The van der Waals surface area contributed by atoms with Gasteiger partial charge in [0.25, 0.3) is 0 Å². The van der Waals surface area contributed by atoms with Crippen LogP contribution in [0.5, 0.6) is 0 Å². The highest BCUT2D eigenvalue weighted by molar-refractivity contribution is 5.98. The van der Waals surface area contributed by atoms with Crippen LogP contribution in [0.1, 0.15) is 36.0 Å². The van der Waals surface area contributed by atoms with Gasteiger partial charge in [-0.15, -0.1) is 12.4 Å². The molecule has 1 aliphatic heterocycles. The number of halogens is 1. The molecule has 0 bridgehead atoms. The number of carbonyl (C=O) groups excluding carboxylic acids is 2. The number of rotatable bonds is 6. The lowest BCUT2D eigenvalue weighted by molar-refractivity contribution is -0.121. The zero-order valence-corrected chi connectivity index (χ0v) is 15.6. The fraction of sp³-hybridized carbons (Fsp3) is 0.333. The van der Waals surface area contributed by atoms with Crippen molar-refractivity contribution in [1.29, 1.82) is 0 Å². The Morgan fingerprint density at radius 2 is 1.65 bits per heavy atom. The molecule has 138 valence electrons.